The van der Waals surface area contributed by atoms with E-state index in [-0.39, 0.29) is 18.7 Å². The molecule has 1 fully saturated rings. The number of thioether (sulfide) groups is 1. The summed E-state index contributed by atoms with van der Waals surface area (Å²) < 4.78 is 0. The van der Waals surface area contributed by atoms with Crippen LogP contribution in [0.3, 0.4) is 0 Å². The predicted molar refractivity (Wildman–Crippen MR) is 85.6 cm³/mol. The molecule has 1 aromatic rings. The molecule has 114 valence electrons. The van der Waals surface area contributed by atoms with Crippen LogP contribution in [0.15, 0.2) is 24.3 Å². The van der Waals surface area contributed by atoms with E-state index in [2.05, 4.69) is 29.6 Å². The zero-order valence-electron chi connectivity index (χ0n) is 12.1. The van der Waals surface area contributed by atoms with Gasteiger partial charge >= 0.3 is 6.03 Å². The van der Waals surface area contributed by atoms with Crippen molar-refractivity contribution in [1.82, 2.24) is 10.2 Å². The normalized spacial score (nSPS) is 24.7. The monoisotopic (exact) mass is 306 g/mol. The lowest BCUT2D eigenvalue weighted by Gasteiger charge is -2.28. The fourth-order valence-electron chi connectivity index (χ4n) is 3.22. The van der Waals surface area contributed by atoms with Gasteiger partial charge in [-0.1, -0.05) is 24.3 Å². The fourth-order valence-corrected chi connectivity index (χ4v) is 4.45. The van der Waals surface area contributed by atoms with Gasteiger partial charge in [-0.25, -0.2) is 4.79 Å². The minimum Gasteiger partial charge on any atom is -0.394 e. The number of benzene rings is 1. The van der Waals surface area contributed by atoms with Gasteiger partial charge in [-0.2, -0.15) is 11.8 Å². The number of amides is 2. The third kappa shape index (κ3) is 3.19. The van der Waals surface area contributed by atoms with E-state index in [0.717, 1.165) is 31.6 Å². The van der Waals surface area contributed by atoms with Crippen LogP contribution in [0.25, 0.3) is 0 Å². The summed E-state index contributed by atoms with van der Waals surface area (Å²) in [5.74, 6) is 1.11. The minimum atomic E-state index is -0.0322. The topological polar surface area (TPSA) is 52.6 Å². The molecule has 3 rings (SSSR count). The number of fused-ring (bicyclic) bond motifs is 1. The van der Waals surface area contributed by atoms with Gasteiger partial charge in [0.15, 0.2) is 0 Å². The van der Waals surface area contributed by atoms with Crippen LogP contribution in [0.2, 0.25) is 0 Å². The molecular weight excluding hydrogens is 284 g/mol. The Labute approximate surface area is 129 Å². The molecule has 21 heavy (non-hydrogen) atoms. The molecule has 4 nitrogen and oxygen atoms in total. The number of carbonyl (C=O) groups excluding carboxylic acids is 1. The van der Waals surface area contributed by atoms with E-state index in [1.165, 1.54) is 11.1 Å². The van der Waals surface area contributed by atoms with Crippen molar-refractivity contribution < 1.29 is 9.90 Å². The number of nitrogens with zero attached hydrogens (tertiary/aromatic N) is 1. The molecule has 0 aliphatic carbocycles. The summed E-state index contributed by atoms with van der Waals surface area (Å²) in [4.78, 5) is 14.0. The van der Waals surface area contributed by atoms with Crippen molar-refractivity contribution in [3.8, 4) is 0 Å². The molecule has 2 amide bonds. The molecule has 2 N–H and O–H groups in total. The van der Waals surface area contributed by atoms with Crippen molar-refractivity contribution in [3.63, 3.8) is 0 Å². The second-order valence-corrected chi connectivity index (χ2v) is 6.98. The Balaban J connectivity index is 1.60. The number of aliphatic hydroxyl groups excluding tert-OH is 1. The number of rotatable bonds is 3. The Morgan fingerprint density at radius 3 is 3.14 bits per heavy atom. The molecule has 0 aromatic heterocycles. The van der Waals surface area contributed by atoms with E-state index in [1.54, 1.807) is 4.90 Å². The number of hydrogen-bond donors (Lipinski definition) is 2. The maximum Gasteiger partial charge on any atom is 0.317 e. The largest absolute Gasteiger partial charge is 0.394 e. The second-order valence-electron chi connectivity index (χ2n) is 5.67. The number of aliphatic hydroxyl groups is 1. The Morgan fingerprint density at radius 2 is 2.29 bits per heavy atom. The van der Waals surface area contributed by atoms with Crippen molar-refractivity contribution in [2.75, 3.05) is 25.4 Å². The van der Waals surface area contributed by atoms with Gasteiger partial charge in [0.1, 0.15) is 0 Å². The van der Waals surface area contributed by atoms with E-state index in [4.69, 9.17) is 0 Å². The number of nitrogens with one attached hydrogen (secondary N) is 1. The van der Waals surface area contributed by atoms with Crippen molar-refractivity contribution >= 4 is 17.8 Å². The highest BCUT2D eigenvalue weighted by Crippen LogP contribution is 2.36. The van der Waals surface area contributed by atoms with Crippen molar-refractivity contribution in [1.29, 1.82) is 0 Å². The summed E-state index contributed by atoms with van der Waals surface area (Å²) in [5, 5.41) is 12.7. The average molecular weight is 306 g/mol. The molecule has 0 spiro atoms. The summed E-state index contributed by atoms with van der Waals surface area (Å²) in [6.45, 7) is 1.48. The molecule has 5 heteroatoms. The first-order valence-corrected chi connectivity index (χ1v) is 8.69. The van der Waals surface area contributed by atoms with Crippen LogP contribution >= 0.6 is 11.8 Å². The summed E-state index contributed by atoms with van der Waals surface area (Å²) in [6, 6.07) is 8.48. The Hall–Kier alpha value is -1.20. The van der Waals surface area contributed by atoms with E-state index >= 15 is 0 Å². The lowest BCUT2D eigenvalue weighted by atomic mass is 10.0. The molecule has 2 atom stereocenters. The Morgan fingerprint density at radius 1 is 1.43 bits per heavy atom. The average Bonchev–Trinajstić information content (AvgIpc) is 3.01. The molecular formula is C16H22N2O2S. The second kappa shape index (κ2) is 6.71. The fraction of sp³-hybridized carbons (Fsp3) is 0.562. The van der Waals surface area contributed by atoms with Crippen LogP contribution in [0.1, 0.15) is 29.2 Å². The Kier molecular flexibility index (Phi) is 4.70. The summed E-state index contributed by atoms with van der Waals surface area (Å²) in [7, 11) is 0. The lowest BCUT2D eigenvalue weighted by Crippen LogP contribution is -2.45. The maximum atomic E-state index is 12.3. The first kappa shape index (κ1) is 14.7. The lowest BCUT2D eigenvalue weighted by molar-refractivity contribution is 0.157. The molecule has 1 aromatic carbocycles. The molecule has 2 heterocycles. The van der Waals surface area contributed by atoms with Gasteiger partial charge in [0.2, 0.25) is 0 Å². The highest BCUT2D eigenvalue weighted by molar-refractivity contribution is 7.99. The summed E-state index contributed by atoms with van der Waals surface area (Å²) in [6.07, 6.45) is 3.01. The van der Waals surface area contributed by atoms with Gasteiger partial charge in [-0.15, -0.1) is 0 Å². The molecule has 1 saturated heterocycles. The molecule has 2 aliphatic rings. The van der Waals surface area contributed by atoms with Crippen LogP contribution in [0, 0.1) is 0 Å². The van der Waals surface area contributed by atoms with Crippen molar-refractivity contribution in [2.24, 2.45) is 0 Å². The van der Waals surface area contributed by atoms with Crippen LogP contribution in [-0.2, 0) is 6.42 Å². The standard InChI is InChI=1S/C16H22N2O2S/c19-11-13-5-3-8-18(13)16(20)17-10-15-14-6-2-1-4-12(14)7-9-21-15/h1-2,4,6,13,15,19H,3,5,7-11H2,(H,17,20)/t13-,15-/m1/s1. The predicted octanol–water partition coefficient (Wildman–Crippen LogP) is 2.18. The highest BCUT2D eigenvalue weighted by Gasteiger charge is 2.29. The van der Waals surface area contributed by atoms with Gasteiger partial charge in [-0.05, 0) is 36.1 Å². The third-order valence-corrected chi connectivity index (χ3v) is 5.64. The van der Waals surface area contributed by atoms with Gasteiger partial charge in [0.25, 0.3) is 0 Å². The molecule has 2 aliphatic heterocycles. The number of hydrogen-bond acceptors (Lipinski definition) is 3. The van der Waals surface area contributed by atoms with Crippen molar-refractivity contribution in [2.45, 2.75) is 30.6 Å². The SMILES string of the molecule is O=C(NC[C@H]1SCCc2ccccc21)N1CCC[C@@H]1CO. The van der Waals surface area contributed by atoms with E-state index < -0.39 is 0 Å². The number of carbonyl (C=O) groups is 1. The summed E-state index contributed by atoms with van der Waals surface area (Å²) >= 11 is 1.91. The van der Waals surface area contributed by atoms with E-state index in [1.807, 2.05) is 11.8 Å². The molecule has 0 saturated carbocycles. The van der Waals surface area contributed by atoms with E-state index in [9.17, 15) is 9.90 Å². The van der Waals surface area contributed by atoms with Crippen LogP contribution in [0.5, 0.6) is 0 Å². The first-order valence-electron chi connectivity index (χ1n) is 7.64. The number of urea groups is 1. The zero-order valence-corrected chi connectivity index (χ0v) is 12.9. The first-order chi connectivity index (χ1) is 10.3. The maximum absolute atomic E-state index is 12.3. The molecule has 0 unspecified atom stereocenters. The Bertz CT molecular complexity index is 509. The van der Waals surface area contributed by atoms with Gasteiger partial charge in [0.05, 0.1) is 12.6 Å². The quantitative estimate of drug-likeness (QED) is 0.900. The summed E-state index contributed by atoms with van der Waals surface area (Å²) in [5.41, 5.74) is 2.76. The minimum absolute atomic E-state index is 0.00343. The van der Waals surface area contributed by atoms with Gasteiger partial charge < -0.3 is 15.3 Å². The van der Waals surface area contributed by atoms with Crippen LogP contribution in [0.4, 0.5) is 4.79 Å². The van der Waals surface area contributed by atoms with Gasteiger partial charge in [0, 0.05) is 18.3 Å². The zero-order chi connectivity index (χ0) is 14.7. The van der Waals surface area contributed by atoms with Crippen molar-refractivity contribution in [3.05, 3.63) is 35.4 Å². The smallest absolute Gasteiger partial charge is 0.317 e. The molecule has 0 radical (unpaired) electrons. The molecule has 0 bridgehead atoms. The number of likely N-dealkylation sites (tertiary alicyclic amines) is 1. The van der Waals surface area contributed by atoms with Crippen LogP contribution < -0.4 is 5.32 Å². The van der Waals surface area contributed by atoms with Crippen LogP contribution in [-0.4, -0.2) is 47.5 Å². The van der Waals surface area contributed by atoms with E-state index in [0.29, 0.717) is 11.8 Å². The highest BCUT2D eigenvalue weighted by atomic mass is 32.2. The van der Waals surface area contributed by atoms with Gasteiger partial charge in [-0.3, -0.25) is 0 Å². The number of aryl methyl sites for hydroxylation is 1. The third-order valence-electron chi connectivity index (χ3n) is 4.38.